The molecule has 0 unspecified atom stereocenters. The monoisotopic (exact) mass is 220 g/mol. The molecule has 1 aliphatic rings. The van der Waals surface area contributed by atoms with Crippen molar-refractivity contribution in [3.05, 3.63) is 0 Å². The summed E-state index contributed by atoms with van der Waals surface area (Å²) in [5, 5.41) is 0. The Morgan fingerprint density at radius 1 is 1.36 bits per heavy atom. The third-order valence-electron chi connectivity index (χ3n) is 3.12. The van der Waals surface area contributed by atoms with Crippen molar-refractivity contribution >= 4 is 10.0 Å². The number of hydrogen-bond acceptors (Lipinski definition) is 3. The normalized spacial score (nSPS) is 21.3. The summed E-state index contributed by atoms with van der Waals surface area (Å²) in [6.07, 6.45) is 6.82. The van der Waals surface area contributed by atoms with Crippen LogP contribution >= 0.6 is 0 Å². The lowest BCUT2D eigenvalue weighted by molar-refractivity contribution is 0.285. The fourth-order valence-corrected chi connectivity index (χ4v) is 2.66. The van der Waals surface area contributed by atoms with Gasteiger partial charge in [0.2, 0.25) is 10.0 Å². The largest absolute Gasteiger partial charge is 0.330 e. The first kappa shape index (κ1) is 11.9. The van der Waals surface area contributed by atoms with Crippen molar-refractivity contribution in [2.24, 2.45) is 11.1 Å². The van der Waals surface area contributed by atoms with Crippen LogP contribution in [0.4, 0.5) is 0 Å². The van der Waals surface area contributed by atoms with Gasteiger partial charge in [0.25, 0.3) is 0 Å². The second-order valence-corrected chi connectivity index (χ2v) is 6.16. The van der Waals surface area contributed by atoms with Gasteiger partial charge in [0.05, 0.1) is 6.26 Å². The topological polar surface area (TPSA) is 72.2 Å². The van der Waals surface area contributed by atoms with E-state index in [-0.39, 0.29) is 5.41 Å². The minimum atomic E-state index is -3.04. The lowest BCUT2D eigenvalue weighted by Crippen LogP contribution is -2.33. The molecule has 0 aromatic carbocycles. The third kappa shape index (κ3) is 3.55. The fraction of sp³-hybridized carbons (Fsp3) is 1.00. The van der Waals surface area contributed by atoms with E-state index in [9.17, 15) is 8.42 Å². The number of sulfonamides is 1. The molecule has 0 spiro atoms. The van der Waals surface area contributed by atoms with E-state index in [1.165, 1.54) is 19.1 Å². The zero-order valence-corrected chi connectivity index (χ0v) is 9.57. The second-order valence-electron chi connectivity index (χ2n) is 4.33. The molecule has 0 saturated heterocycles. The van der Waals surface area contributed by atoms with Crippen LogP contribution in [0.5, 0.6) is 0 Å². The molecule has 1 saturated carbocycles. The lowest BCUT2D eigenvalue weighted by Gasteiger charge is -2.26. The molecule has 0 radical (unpaired) electrons. The van der Waals surface area contributed by atoms with E-state index in [0.717, 1.165) is 19.3 Å². The van der Waals surface area contributed by atoms with Crippen LogP contribution in [0.25, 0.3) is 0 Å². The van der Waals surface area contributed by atoms with Crippen molar-refractivity contribution in [3.8, 4) is 0 Å². The Kier molecular flexibility index (Phi) is 3.92. The molecular formula is C9H20N2O2S. The van der Waals surface area contributed by atoms with E-state index < -0.39 is 10.0 Å². The fourth-order valence-electron chi connectivity index (χ4n) is 2.18. The Morgan fingerprint density at radius 3 is 2.36 bits per heavy atom. The molecule has 0 aromatic rings. The molecule has 4 nitrogen and oxygen atoms in total. The van der Waals surface area contributed by atoms with Crippen LogP contribution in [0.2, 0.25) is 0 Å². The molecule has 1 rings (SSSR count). The predicted molar refractivity (Wildman–Crippen MR) is 57.4 cm³/mol. The van der Waals surface area contributed by atoms with Crippen LogP contribution < -0.4 is 10.5 Å². The zero-order valence-electron chi connectivity index (χ0n) is 8.75. The van der Waals surface area contributed by atoms with E-state index in [1.54, 1.807) is 0 Å². The molecule has 5 heteroatoms. The first-order valence-corrected chi connectivity index (χ1v) is 7.01. The highest BCUT2D eigenvalue weighted by molar-refractivity contribution is 7.88. The summed E-state index contributed by atoms with van der Waals surface area (Å²) >= 11 is 0. The number of rotatable bonds is 5. The van der Waals surface area contributed by atoms with Crippen molar-refractivity contribution in [1.29, 1.82) is 0 Å². The van der Waals surface area contributed by atoms with Crippen molar-refractivity contribution in [3.63, 3.8) is 0 Å². The minimum Gasteiger partial charge on any atom is -0.330 e. The molecule has 1 aliphatic carbocycles. The van der Waals surface area contributed by atoms with Gasteiger partial charge in [-0.2, -0.15) is 0 Å². The average Bonchev–Trinajstić information content (AvgIpc) is 2.52. The molecule has 1 fully saturated rings. The van der Waals surface area contributed by atoms with E-state index in [4.69, 9.17) is 5.73 Å². The van der Waals surface area contributed by atoms with Crippen molar-refractivity contribution in [2.75, 3.05) is 19.3 Å². The minimum absolute atomic E-state index is 0.206. The Bertz CT molecular complexity index is 269. The summed E-state index contributed by atoms with van der Waals surface area (Å²) in [7, 11) is -3.04. The van der Waals surface area contributed by atoms with Crippen LogP contribution in [0.15, 0.2) is 0 Å². The van der Waals surface area contributed by atoms with Gasteiger partial charge in [0.15, 0.2) is 0 Å². The van der Waals surface area contributed by atoms with Crippen LogP contribution in [-0.2, 0) is 10.0 Å². The highest BCUT2D eigenvalue weighted by Crippen LogP contribution is 2.39. The van der Waals surface area contributed by atoms with Crippen molar-refractivity contribution < 1.29 is 8.42 Å². The Morgan fingerprint density at radius 2 is 1.93 bits per heavy atom. The van der Waals surface area contributed by atoms with Gasteiger partial charge in [-0.3, -0.25) is 0 Å². The Labute approximate surface area is 86.3 Å². The predicted octanol–water partition coefficient (Wildman–Crippen LogP) is 0.445. The standard InChI is InChI=1S/C9H20N2O2S/c1-14(12,13)11-7-6-9(8-10)4-2-3-5-9/h11H,2-8,10H2,1H3. The zero-order chi connectivity index (χ0) is 10.7. The van der Waals surface area contributed by atoms with Crippen LogP contribution in [0, 0.1) is 5.41 Å². The Hall–Kier alpha value is -0.130. The van der Waals surface area contributed by atoms with Gasteiger partial charge in [0, 0.05) is 6.54 Å². The number of nitrogens with one attached hydrogen (secondary N) is 1. The van der Waals surface area contributed by atoms with E-state index in [0.29, 0.717) is 13.1 Å². The summed E-state index contributed by atoms with van der Waals surface area (Å²) in [6.45, 7) is 1.20. The summed E-state index contributed by atoms with van der Waals surface area (Å²) < 4.78 is 24.2. The molecule has 0 aromatic heterocycles. The molecule has 0 bridgehead atoms. The van der Waals surface area contributed by atoms with Gasteiger partial charge in [-0.05, 0) is 31.2 Å². The first-order chi connectivity index (χ1) is 6.47. The summed E-state index contributed by atoms with van der Waals surface area (Å²) in [6, 6.07) is 0. The van der Waals surface area contributed by atoms with Crippen molar-refractivity contribution in [1.82, 2.24) is 4.72 Å². The average molecular weight is 220 g/mol. The van der Waals surface area contributed by atoms with Gasteiger partial charge < -0.3 is 5.73 Å². The molecular weight excluding hydrogens is 200 g/mol. The summed E-state index contributed by atoms with van der Waals surface area (Å²) in [4.78, 5) is 0. The number of nitrogens with two attached hydrogens (primary N) is 1. The quantitative estimate of drug-likeness (QED) is 0.706. The molecule has 0 aliphatic heterocycles. The second kappa shape index (κ2) is 4.59. The SMILES string of the molecule is CS(=O)(=O)NCCC1(CN)CCCC1. The van der Waals surface area contributed by atoms with Gasteiger partial charge in [-0.1, -0.05) is 12.8 Å². The summed E-state index contributed by atoms with van der Waals surface area (Å²) in [5.41, 5.74) is 5.95. The summed E-state index contributed by atoms with van der Waals surface area (Å²) in [5.74, 6) is 0. The van der Waals surface area contributed by atoms with Gasteiger partial charge in [-0.25, -0.2) is 13.1 Å². The van der Waals surface area contributed by atoms with Gasteiger partial charge in [-0.15, -0.1) is 0 Å². The maximum absolute atomic E-state index is 10.9. The van der Waals surface area contributed by atoms with Gasteiger partial charge in [0.1, 0.15) is 0 Å². The van der Waals surface area contributed by atoms with Crippen molar-refractivity contribution in [2.45, 2.75) is 32.1 Å². The van der Waals surface area contributed by atoms with Crippen LogP contribution in [0.1, 0.15) is 32.1 Å². The number of hydrogen-bond donors (Lipinski definition) is 2. The maximum Gasteiger partial charge on any atom is 0.208 e. The first-order valence-electron chi connectivity index (χ1n) is 5.12. The third-order valence-corrected chi connectivity index (χ3v) is 3.85. The Balaban J connectivity index is 2.35. The van der Waals surface area contributed by atoms with Crippen LogP contribution in [0.3, 0.4) is 0 Å². The van der Waals surface area contributed by atoms with E-state index >= 15 is 0 Å². The molecule has 0 heterocycles. The molecule has 0 amide bonds. The smallest absolute Gasteiger partial charge is 0.208 e. The molecule has 14 heavy (non-hydrogen) atoms. The van der Waals surface area contributed by atoms with E-state index in [1.807, 2.05) is 0 Å². The molecule has 3 N–H and O–H groups in total. The van der Waals surface area contributed by atoms with E-state index in [2.05, 4.69) is 4.72 Å². The molecule has 84 valence electrons. The molecule has 0 atom stereocenters. The highest BCUT2D eigenvalue weighted by Gasteiger charge is 2.31. The lowest BCUT2D eigenvalue weighted by atomic mass is 9.83. The van der Waals surface area contributed by atoms with Gasteiger partial charge >= 0.3 is 0 Å². The highest BCUT2D eigenvalue weighted by atomic mass is 32.2. The maximum atomic E-state index is 10.9. The van der Waals surface area contributed by atoms with Crippen LogP contribution in [-0.4, -0.2) is 27.8 Å².